The van der Waals surface area contributed by atoms with E-state index in [2.05, 4.69) is 0 Å². The lowest BCUT2D eigenvalue weighted by Gasteiger charge is -2.25. The highest BCUT2D eigenvalue weighted by molar-refractivity contribution is 6.46. The fourth-order valence-electron chi connectivity index (χ4n) is 4.08. The SMILES string of the molecule is COCCCN1C(=O)C(=O)/C(=C(\O)c2ccccc2)C1c1ccc(OCc2ccccc2)cc1. The van der Waals surface area contributed by atoms with E-state index in [0.717, 1.165) is 11.1 Å². The molecule has 0 aliphatic carbocycles. The lowest BCUT2D eigenvalue weighted by Crippen LogP contribution is -2.31. The van der Waals surface area contributed by atoms with Gasteiger partial charge in [0.2, 0.25) is 0 Å². The third-order valence-electron chi connectivity index (χ3n) is 5.78. The third kappa shape index (κ3) is 5.02. The number of likely N-dealkylation sites (tertiary alicyclic amines) is 1. The van der Waals surface area contributed by atoms with Crippen molar-refractivity contribution in [3.8, 4) is 5.75 Å². The average Bonchev–Trinajstić information content (AvgIpc) is 3.13. The Morgan fingerprint density at radius 2 is 1.56 bits per heavy atom. The largest absolute Gasteiger partial charge is 0.507 e. The first kappa shape index (κ1) is 23.3. The van der Waals surface area contributed by atoms with Crippen LogP contribution >= 0.6 is 0 Å². The maximum atomic E-state index is 13.0. The van der Waals surface area contributed by atoms with Crippen LogP contribution in [0.4, 0.5) is 0 Å². The molecule has 6 heteroatoms. The van der Waals surface area contributed by atoms with Crippen molar-refractivity contribution < 1.29 is 24.2 Å². The molecule has 0 saturated carbocycles. The average molecular weight is 458 g/mol. The molecule has 3 aromatic rings. The molecule has 34 heavy (non-hydrogen) atoms. The van der Waals surface area contributed by atoms with Crippen LogP contribution in [0.2, 0.25) is 0 Å². The van der Waals surface area contributed by atoms with Gasteiger partial charge in [0.25, 0.3) is 11.7 Å². The molecule has 1 fully saturated rings. The zero-order valence-electron chi connectivity index (χ0n) is 19.0. The van der Waals surface area contributed by atoms with E-state index in [0.29, 0.717) is 37.5 Å². The number of ether oxygens (including phenoxy) is 2. The summed E-state index contributed by atoms with van der Waals surface area (Å²) in [4.78, 5) is 27.4. The molecule has 1 heterocycles. The van der Waals surface area contributed by atoms with E-state index in [1.165, 1.54) is 4.90 Å². The molecule has 1 saturated heterocycles. The molecular weight excluding hydrogens is 430 g/mol. The van der Waals surface area contributed by atoms with Crippen molar-refractivity contribution in [3.63, 3.8) is 0 Å². The molecule has 6 nitrogen and oxygen atoms in total. The number of methoxy groups -OCH3 is 1. The number of rotatable bonds is 9. The highest BCUT2D eigenvalue weighted by Crippen LogP contribution is 2.39. The molecule has 1 aliphatic heterocycles. The number of amides is 1. The van der Waals surface area contributed by atoms with E-state index in [9.17, 15) is 14.7 Å². The molecule has 3 aromatic carbocycles. The van der Waals surface area contributed by atoms with Gasteiger partial charge in [-0.3, -0.25) is 9.59 Å². The van der Waals surface area contributed by atoms with Crippen molar-refractivity contribution in [2.45, 2.75) is 19.1 Å². The summed E-state index contributed by atoms with van der Waals surface area (Å²) in [5.41, 5.74) is 2.36. The molecule has 1 atom stereocenters. The molecule has 0 radical (unpaired) electrons. The van der Waals surface area contributed by atoms with Crippen LogP contribution < -0.4 is 4.74 Å². The third-order valence-corrected chi connectivity index (χ3v) is 5.78. The molecule has 1 aliphatic rings. The normalized spacial score (nSPS) is 17.2. The van der Waals surface area contributed by atoms with Gasteiger partial charge in [-0.05, 0) is 29.7 Å². The fraction of sp³-hybridized carbons (Fsp3) is 0.214. The maximum Gasteiger partial charge on any atom is 0.295 e. The minimum absolute atomic E-state index is 0.0894. The van der Waals surface area contributed by atoms with Crippen LogP contribution in [0.3, 0.4) is 0 Å². The van der Waals surface area contributed by atoms with Crippen LogP contribution in [0.15, 0.2) is 90.5 Å². The summed E-state index contributed by atoms with van der Waals surface area (Å²) < 4.78 is 11.0. The van der Waals surface area contributed by atoms with Gasteiger partial charge in [-0.2, -0.15) is 0 Å². The van der Waals surface area contributed by atoms with Gasteiger partial charge < -0.3 is 19.5 Å². The topological polar surface area (TPSA) is 76.1 Å². The molecule has 1 unspecified atom stereocenters. The summed E-state index contributed by atoms with van der Waals surface area (Å²) in [6.07, 6.45) is 0.573. The number of benzene rings is 3. The van der Waals surface area contributed by atoms with E-state index in [-0.39, 0.29) is 11.3 Å². The van der Waals surface area contributed by atoms with Crippen LogP contribution in [-0.2, 0) is 20.9 Å². The first-order valence-electron chi connectivity index (χ1n) is 11.2. The Labute approximate surface area is 199 Å². The van der Waals surface area contributed by atoms with Crippen LogP contribution in [0.25, 0.3) is 5.76 Å². The number of nitrogens with zero attached hydrogens (tertiary/aromatic N) is 1. The standard InChI is InChI=1S/C28H27NO5/c1-33-18-8-17-29-25(24(27(31)28(29)32)26(30)22-11-6-3-7-12-22)21-13-15-23(16-14-21)34-19-20-9-4-2-5-10-20/h2-7,9-16,25,30H,8,17-19H2,1H3/b26-24-. The van der Waals surface area contributed by atoms with Crippen molar-refractivity contribution >= 4 is 17.4 Å². The molecule has 0 spiro atoms. The van der Waals surface area contributed by atoms with Gasteiger partial charge in [0, 0.05) is 25.8 Å². The summed E-state index contributed by atoms with van der Waals surface area (Å²) in [7, 11) is 1.59. The highest BCUT2D eigenvalue weighted by atomic mass is 16.5. The number of carbonyl (C=O) groups excluding carboxylic acids is 2. The van der Waals surface area contributed by atoms with Crippen LogP contribution in [-0.4, -0.2) is 42.0 Å². The van der Waals surface area contributed by atoms with Gasteiger partial charge in [0.05, 0.1) is 11.6 Å². The van der Waals surface area contributed by atoms with Crippen molar-refractivity contribution in [2.24, 2.45) is 0 Å². The summed E-state index contributed by atoms with van der Waals surface area (Å²) in [5, 5.41) is 11.0. The van der Waals surface area contributed by atoms with E-state index < -0.39 is 17.7 Å². The smallest absolute Gasteiger partial charge is 0.295 e. The number of hydrogen-bond acceptors (Lipinski definition) is 5. The molecule has 0 bridgehead atoms. The van der Waals surface area contributed by atoms with E-state index in [1.807, 2.05) is 60.7 Å². The van der Waals surface area contributed by atoms with Crippen molar-refractivity contribution in [2.75, 3.05) is 20.3 Å². The highest BCUT2D eigenvalue weighted by Gasteiger charge is 2.45. The maximum absolute atomic E-state index is 13.0. The zero-order valence-corrected chi connectivity index (χ0v) is 19.0. The summed E-state index contributed by atoms with van der Waals surface area (Å²) in [6.45, 7) is 1.23. The zero-order chi connectivity index (χ0) is 23.9. The first-order valence-corrected chi connectivity index (χ1v) is 11.2. The van der Waals surface area contributed by atoms with Gasteiger partial charge in [-0.1, -0.05) is 72.8 Å². The van der Waals surface area contributed by atoms with Crippen molar-refractivity contribution in [3.05, 3.63) is 107 Å². The van der Waals surface area contributed by atoms with Gasteiger partial charge >= 0.3 is 0 Å². The Morgan fingerprint density at radius 1 is 0.912 bits per heavy atom. The fourth-order valence-corrected chi connectivity index (χ4v) is 4.08. The number of ketones is 1. The minimum Gasteiger partial charge on any atom is -0.507 e. The lowest BCUT2D eigenvalue weighted by molar-refractivity contribution is -0.140. The van der Waals surface area contributed by atoms with Gasteiger partial charge in [0.1, 0.15) is 18.1 Å². The number of Topliss-reactive ketones (excluding diaryl/α,β-unsaturated/α-hetero) is 1. The van der Waals surface area contributed by atoms with Crippen molar-refractivity contribution in [1.82, 2.24) is 4.90 Å². The number of aliphatic hydroxyl groups excluding tert-OH is 1. The molecule has 4 rings (SSSR count). The minimum atomic E-state index is -0.694. The Morgan fingerprint density at radius 3 is 2.21 bits per heavy atom. The van der Waals surface area contributed by atoms with Gasteiger partial charge in [-0.15, -0.1) is 0 Å². The van der Waals surface area contributed by atoms with Crippen LogP contribution in [0.5, 0.6) is 5.75 Å². The Kier molecular flexibility index (Phi) is 7.40. The van der Waals surface area contributed by atoms with Gasteiger partial charge in [0.15, 0.2) is 0 Å². The summed E-state index contributed by atoms with van der Waals surface area (Å²) >= 11 is 0. The quantitative estimate of drug-likeness (QED) is 0.218. The van der Waals surface area contributed by atoms with Crippen LogP contribution in [0, 0.1) is 0 Å². The van der Waals surface area contributed by atoms with Gasteiger partial charge in [-0.25, -0.2) is 0 Å². The van der Waals surface area contributed by atoms with E-state index in [1.54, 1.807) is 31.4 Å². The second kappa shape index (κ2) is 10.8. The molecular formula is C28H27NO5. The predicted molar refractivity (Wildman–Crippen MR) is 129 cm³/mol. The monoisotopic (exact) mass is 457 g/mol. The molecule has 174 valence electrons. The second-order valence-corrected chi connectivity index (χ2v) is 8.05. The second-order valence-electron chi connectivity index (χ2n) is 8.05. The number of hydrogen-bond donors (Lipinski definition) is 1. The summed E-state index contributed by atoms with van der Waals surface area (Å²) in [5.74, 6) is -0.814. The lowest BCUT2D eigenvalue weighted by atomic mass is 9.95. The number of carbonyl (C=O) groups is 2. The summed E-state index contributed by atoms with van der Waals surface area (Å²) in [6, 6.07) is 25.3. The first-order chi connectivity index (χ1) is 16.6. The van der Waals surface area contributed by atoms with Crippen molar-refractivity contribution in [1.29, 1.82) is 0 Å². The van der Waals surface area contributed by atoms with Crippen LogP contribution in [0.1, 0.15) is 29.2 Å². The Balaban J connectivity index is 1.65. The molecule has 0 aromatic heterocycles. The molecule has 1 amide bonds. The van der Waals surface area contributed by atoms with E-state index >= 15 is 0 Å². The predicted octanol–water partition coefficient (Wildman–Crippen LogP) is 4.72. The Hall–Kier alpha value is -3.90. The molecule has 1 N–H and O–H groups in total. The Bertz CT molecular complexity index is 1160. The van der Waals surface area contributed by atoms with E-state index in [4.69, 9.17) is 9.47 Å². The number of aliphatic hydroxyl groups is 1.